The standard InChI is InChI=1S/C16H14N4O4/c1-9-7-12(14-10(2)19-24-16(14)18-9)15(21)17-8-11-5-3-4-6-13(11)20(22)23/h3-7H,8H2,1-2H3,(H,17,21). The molecule has 3 rings (SSSR count). The molecule has 0 atom stereocenters. The van der Waals surface area contributed by atoms with Crippen LogP contribution in [-0.2, 0) is 6.54 Å². The Balaban J connectivity index is 1.89. The highest BCUT2D eigenvalue weighted by Gasteiger charge is 2.19. The molecule has 2 aromatic heterocycles. The summed E-state index contributed by atoms with van der Waals surface area (Å²) in [6, 6.07) is 7.92. The summed E-state index contributed by atoms with van der Waals surface area (Å²) in [6.07, 6.45) is 0. The minimum absolute atomic E-state index is 0.0324. The Morgan fingerprint density at radius 3 is 2.83 bits per heavy atom. The van der Waals surface area contributed by atoms with Crippen LogP contribution in [0.15, 0.2) is 34.9 Å². The molecular weight excluding hydrogens is 312 g/mol. The lowest BCUT2D eigenvalue weighted by Crippen LogP contribution is -2.23. The maximum absolute atomic E-state index is 12.5. The third kappa shape index (κ3) is 2.81. The van der Waals surface area contributed by atoms with E-state index in [0.717, 1.165) is 0 Å². The van der Waals surface area contributed by atoms with Crippen LogP contribution in [0.1, 0.15) is 27.3 Å². The lowest BCUT2D eigenvalue weighted by atomic mass is 10.1. The molecule has 8 heteroatoms. The first-order valence-electron chi connectivity index (χ1n) is 7.21. The molecule has 1 amide bonds. The van der Waals surface area contributed by atoms with Crippen molar-refractivity contribution < 1.29 is 14.2 Å². The average Bonchev–Trinajstić information content (AvgIpc) is 2.93. The van der Waals surface area contributed by atoms with Gasteiger partial charge in [-0.1, -0.05) is 23.4 Å². The number of para-hydroxylation sites is 1. The molecule has 24 heavy (non-hydrogen) atoms. The number of fused-ring (bicyclic) bond motifs is 1. The van der Waals surface area contributed by atoms with Crippen LogP contribution >= 0.6 is 0 Å². The second-order valence-corrected chi connectivity index (χ2v) is 5.33. The fourth-order valence-electron chi connectivity index (χ4n) is 2.51. The molecule has 122 valence electrons. The minimum atomic E-state index is -0.472. The lowest BCUT2D eigenvalue weighted by molar-refractivity contribution is -0.385. The van der Waals surface area contributed by atoms with E-state index in [1.165, 1.54) is 6.07 Å². The summed E-state index contributed by atoms with van der Waals surface area (Å²) < 4.78 is 5.10. The second-order valence-electron chi connectivity index (χ2n) is 5.33. The van der Waals surface area contributed by atoms with Gasteiger partial charge in [0.05, 0.1) is 21.6 Å². The number of nitro groups is 1. The summed E-state index contributed by atoms with van der Waals surface area (Å²) in [4.78, 5) is 27.3. The Hall–Kier alpha value is -3.29. The van der Waals surface area contributed by atoms with Gasteiger partial charge in [0.1, 0.15) is 0 Å². The van der Waals surface area contributed by atoms with Gasteiger partial charge in [0.2, 0.25) is 0 Å². The van der Waals surface area contributed by atoms with Crippen LogP contribution in [0.2, 0.25) is 0 Å². The Morgan fingerprint density at radius 2 is 2.08 bits per heavy atom. The minimum Gasteiger partial charge on any atom is -0.348 e. The Labute approximate surface area is 136 Å². The smallest absolute Gasteiger partial charge is 0.274 e. The third-order valence-electron chi connectivity index (χ3n) is 3.62. The normalized spacial score (nSPS) is 10.8. The van der Waals surface area contributed by atoms with Gasteiger partial charge in [-0.3, -0.25) is 14.9 Å². The van der Waals surface area contributed by atoms with Crippen molar-refractivity contribution in [2.24, 2.45) is 0 Å². The van der Waals surface area contributed by atoms with Crippen LogP contribution in [0.3, 0.4) is 0 Å². The fourth-order valence-corrected chi connectivity index (χ4v) is 2.51. The van der Waals surface area contributed by atoms with E-state index in [1.807, 2.05) is 0 Å². The van der Waals surface area contributed by atoms with Crippen LogP contribution in [-0.4, -0.2) is 21.0 Å². The number of pyridine rings is 1. The Morgan fingerprint density at radius 1 is 1.33 bits per heavy atom. The van der Waals surface area contributed by atoms with Crippen LogP contribution < -0.4 is 5.32 Å². The van der Waals surface area contributed by atoms with Gasteiger partial charge in [0, 0.05) is 23.9 Å². The summed E-state index contributed by atoms with van der Waals surface area (Å²) in [6.45, 7) is 3.51. The maximum Gasteiger partial charge on any atom is 0.274 e. The van der Waals surface area contributed by atoms with Gasteiger partial charge < -0.3 is 9.84 Å². The molecule has 1 aromatic carbocycles. The first-order valence-corrected chi connectivity index (χ1v) is 7.21. The molecule has 3 aromatic rings. The van der Waals surface area contributed by atoms with E-state index < -0.39 is 4.92 Å². The molecule has 0 radical (unpaired) electrons. The van der Waals surface area contributed by atoms with Crippen molar-refractivity contribution in [2.75, 3.05) is 0 Å². The number of hydrogen-bond acceptors (Lipinski definition) is 6. The molecule has 0 aliphatic heterocycles. The monoisotopic (exact) mass is 326 g/mol. The lowest BCUT2D eigenvalue weighted by Gasteiger charge is -2.07. The summed E-state index contributed by atoms with van der Waals surface area (Å²) in [5.41, 5.74) is 2.26. The number of nitrogens with one attached hydrogen (secondary N) is 1. The number of carbonyl (C=O) groups excluding carboxylic acids is 1. The van der Waals surface area contributed by atoms with Gasteiger partial charge in [-0.05, 0) is 19.9 Å². The number of nitrogens with zero attached hydrogens (tertiary/aromatic N) is 3. The van der Waals surface area contributed by atoms with Crippen LogP contribution in [0, 0.1) is 24.0 Å². The van der Waals surface area contributed by atoms with Crippen LogP contribution in [0.5, 0.6) is 0 Å². The molecular formula is C16H14N4O4. The molecule has 0 saturated carbocycles. The maximum atomic E-state index is 12.5. The number of benzene rings is 1. The predicted octanol–water partition coefficient (Wildman–Crippen LogP) is 2.68. The number of rotatable bonds is 4. The van der Waals surface area contributed by atoms with Crippen molar-refractivity contribution in [1.29, 1.82) is 0 Å². The van der Waals surface area contributed by atoms with E-state index in [-0.39, 0.29) is 18.1 Å². The largest absolute Gasteiger partial charge is 0.348 e. The summed E-state index contributed by atoms with van der Waals surface area (Å²) in [5.74, 6) is -0.366. The number of hydrogen-bond donors (Lipinski definition) is 1. The van der Waals surface area contributed by atoms with E-state index in [9.17, 15) is 14.9 Å². The zero-order chi connectivity index (χ0) is 17.3. The van der Waals surface area contributed by atoms with Crippen LogP contribution in [0.4, 0.5) is 5.69 Å². The van der Waals surface area contributed by atoms with Gasteiger partial charge in [0.15, 0.2) is 0 Å². The molecule has 0 aliphatic rings. The molecule has 2 heterocycles. The highest BCUT2D eigenvalue weighted by Crippen LogP contribution is 2.22. The van der Waals surface area contributed by atoms with Crippen molar-refractivity contribution >= 4 is 22.7 Å². The molecule has 0 spiro atoms. The van der Waals surface area contributed by atoms with E-state index in [1.54, 1.807) is 38.1 Å². The predicted molar refractivity (Wildman–Crippen MR) is 85.5 cm³/mol. The highest BCUT2D eigenvalue weighted by molar-refractivity contribution is 6.06. The number of nitro benzene ring substituents is 1. The number of carbonyl (C=O) groups is 1. The summed E-state index contributed by atoms with van der Waals surface area (Å²) in [7, 11) is 0. The van der Waals surface area contributed by atoms with Gasteiger partial charge in [-0.15, -0.1) is 0 Å². The van der Waals surface area contributed by atoms with Gasteiger partial charge >= 0.3 is 0 Å². The first-order chi connectivity index (χ1) is 11.5. The van der Waals surface area contributed by atoms with Gasteiger partial charge in [-0.25, -0.2) is 4.98 Å². The Kier molecular flexibility index (Phi) is 3.95. The fraction of sp³-hybridized carbons (Fsp3) is 0.188. The van der Waals surface area contributed by atoms with E-state index in [4.69, 9.17) is 4.52 Å². The molecule has 0 fully saturated rings. The molecule has 0 bridgehead atoms. The topological polar surface area (TPSA) is 111 Å². The quantitative estimate of drug-likeness (QED) is 0.583. The third-order valence-corrected chi connectivity index (χ3v) is 3.62. The molecule has 0 aliphatic carbocycles. The average molecular weight is 326 g/mol. The molecule has 1 N–H and O–H groups in total. The number of amides is 1. The summed E-state index contributed by atoms with van der Waals surface area (Å²) >= 11 is 0. The van der Waals surface area contributed by atoms with Crippen molar-refractivity contribution in [3.8, 4) is 0 Å². The molecule has 0 saturated heterocycles. The molecule has 0 unspecified atom stereocenters. The second kappa shape index (κ2) is 6.07. The SMILES string of the molecule is Cc1cc(C(=O)NCc2ccccc2[N+](=O)[O-])c2c(C)noc2n1. The van der Waals surface area contributed by atoms with Gasteiger partial charge in [-0.2, -0.15) is 0 Å². The highest BCUT2D eigenvalue weighted by atomic mass is 16.6. The van der Waals surface area contributed by atoms with E-state index in [0.29, 0.717) is 33.6 Å². The number of aromatic nitrogens is 2. The zero-order valence-electron chi connectivity index (χ0n) is 13.1. The summed E-state index contributed by atoms with van der Waals surface area (Å²) in [5, 5.41) is 18.1. The number of aryl methyl sites for hydroxylation is 2. The van der Waals surface area contributed by atoms with E-state index >= 15 is 0 Å². The Bertz CT molecular complexity index is 948. The van der Waals surface area contributed by atoms with Crippen LogP contribution in [0.25, 0.3) is 11.1 Å². The van der Waals surface area contributed by atoms with Crippen molar-refractivity contribution in [3.63, 3.8) is 0 Å². The van der Waals surface area contributed by atoms with Crippen molar-refractivity contribution in [3.05, 3.63) is 63.0 Å². The van der Waals surface area contributed by atoms with Gasteiger partial charge in [0.25, 0.3) is 17.3 Å². The van der Waals surface area contributed by atoms with Crippen molar-refractivity contribution in [1.82, 2.24) is 15.5 Å². The molecule has 8 nitrogen and oxygen atoms in total. The zero-order valence-corrected chi connectivity index (χ0v) is 13.1. The first kappa shape index (κ1) is 15.6. The van der Waals surface area contributed by atoms with Crippen molar-refractivity contribution in [2.45, 2.75) is 20.4 Å². The van der Waals surface area contributed by atoms with E-state index in [2.05, 4.69) is 15.5 Å².